The van der Waals surface area contributed by atoms with E-state index in [-0.39, 0.29) is 24.3 Å². The van der Waals surface area contributed by atoms with Gasteiger partial charge in [-0.1, -0.05) is 18.2 Å². The number of ketones is 1. The number of nitrogens with zero attached hydrogens (tertiary/aromatic N) is 2. The molecule has 160 valence electrons. The van der Waals surface area contributed by atoms with E-state index in [9.17, 15) is 9.59 Å². The lowest BCUT2D eigenvalue weighted by Crippen LogP contribution is -2.32. The zero-order valence-electron chi connectivity index (χ0n) is 17.4. The van der Waals surface area contributed by atoms with Crippen LogP contribution in [-0.2, 0) is 4.79 Å². The fourth-order valence-corrected chi connectivity index (χ4v) is 3.80. The van der Waals surface area contributed by atoms with Crippen LogP contribution in [0.4, 0.5) is 5.69 Å². The Morgan fingerprint density at radius 1 is 1.09 bits per heavy atom. The highest BCUT2D eigenvalue weighted by molar-refractivity contribution is 6.03. The minimum Gasteiger partial charge on any atom is -0.467 e. The van der Waals surface area contributed by atoms with E-state index in [0.717, 1.165) is 16.7 Å². The van der Waals surface area contributed by atoms with E-state index in [1.807, 2.05) is 36.4 Å². The molecule has 7 nitrogen and oxygen atoms in total. The molecule has 1 atom stereocenters. The molecule has 2 aromatic heterocycles. The van der Waals surface area contributed by atoms with Crippen molar-refractivity contribution in [3.05, 3.63) is 90.1 Å². The molecule has 1 aliphatic heterocycles. The van der Waals surface area contributed by atoms with Gasteiger partial charge in [0.15, 0.2) is 11.5 Å². The summed E-state index contributed by atoms with van der Waals surface area (Å²) in [7, 11) is 0. The molecule has 0 saturated carbocycles. The van der Waals surface area contributed by atoms with E-state index in [1.165, 1.54) is 11.9 Å². The number of amides is 1. The second-order valence-electron chi connectivity index (χ2n) is 7.66. The first kappa shape index (κ1) is 19.8. The van der Waals surface area contributed by atoms with Gasteiger partial charge in [0, 0.05) is 23.1 Å². The van der Waals surface area contributed by atoms with Crippen LogP contribution in [0.2, 0.25) is 0 Å². The molecular weight excluding hydrogens is 406 g/mol. The smallest absolute Gasteiger partial charge is 0.262 e. The number of hydrogen-bond acceptors (Lipinski definition) is 6. The molecule has 1 amide bonds. The highest BCUT2D eigenvalue weighted by atomic mass is 16.3. The van der Waals surface area contributed by atoms with Gasteiger partial charge in [-0.25, -0.2) is 5.01 Å². The molecule has 0 radical (unpaired) electrons. The summed E-state index contributed by atoms with van der Waals surface area (Å²) in [5, 5.41) is 10.1. The molecule has 5 rings (SSSR count). The highest BCUT2D eigenvalue weighted by Crippen LogP contribution is 2.34. The molecule has 2 aromatic carbocycles. The third kappa shape index (κ3) is 3.80. The van der Waals surface area contributed by atoms with Gasteiger partial charge in [-0.3, -0.25) is 9.59 Å². The monoisotopic (exact) mass is 427 g/mol. The normalized spacial score (nSPS) is 15.7. The molecule has 4 aromatic rings. The van der Waals surface area contributed by atoms with Gasteiger partial charge in [0.25, 0.3) is 5.91 Å². The van der Waals surface area contributed by atoms with Crippen molar-refractivity contribution in [3.63, 3.8) is 0 Å². The predicted molar refractivity (Wildman–Crippen MR) is 121 cm³/mol. The van der Waals surface area contributed by atoms with E-state index in [4.69, 9.17) is 8.83 Å². The lowest BCUT2D eigenvalue weighted by Gasteiger charge is -2.20. The van der Waals surface area contributed by atoms with Gasteiger partial charge in [0.05, 0.1) is 12.8 Å². The van der Waals surface area contributed by atoms with Crippen LogP contribution in [-0.4, -0.2) is 29.0 Å². The quantitative estimate of drug-likeness (QED) is 0.437. The number of hydrogen-bond donors (Lipinski definition) is 1. The van der Waals surface area contributed by atoms with Gasteiger partial charge in [0.2, 0.25) is 0 Å². The van der Waals surface area contributed by atoms with Gasteiger partial charge in [0.1, 0.15) is 23.1 Å². The Bertz CT molecular complexity index is 1270. The number of anilines is 1. The number of furan rings is 2. The van der Waals surface area contributed by atoms with Crippen molar-refractivity contribution in [1.82, 2.24) is 5.01 Å². The average molecular weight is 427 g/mol. The fraction of sp³-hybridized carbons (Fsp3) is 0.160. The van der Waals surface area contributed by atoms with E-state index in [1.54, 1.807) is 36.6 Å². The van der Waals surface area contributed by atoms with Crippen molar-refractivity contribution >= 4 is 34.1 Å². The van der Waals surface area contributed by atoms with Crippen LogP contribution in [0.15, 0.2) is 86.9 Å². The summed E-state index contributed by atoms with van der Waals surface area (Å²) < 4.78 is 11.6. The lowest BCUT2D eigenvalue weighted by molar-refractivity contribution is -0.131. The number of benzene rings is 2. The third-order valence-electron chi connectivity index (χ3n) is 5.48. The van der Waals surface area contributed by atoms with Gasteiger partial charge < -0.3 is 14.2 Å². The third-order valence-corrected chi connectivity index (χ3v) is 5.48. The molecule has 0 unspecified atom stereocenters. The van der Waals surface area contributed by atoms with Crippen LogP contribution in [0.5, 0.6) is 0 Å². The second-order valence-corrected chi connectivity index (χ2v) is 7.66. The van der Waals surface area contributed by atoms with Crippen LogP contribution in [0, 0.1) is 0 Å². The lowest BCUT2D eigenvalue weighted by atomic mass is 10.1. The first-order valence-corrected chi connectivity index (χ1v) is 10.4. The Hall–Kier alpha value is -4.13. The number of fused-ring (bicyclic) bond motifs is 1. The number of carbonyl (C=O) groups excluding carboxylic acids is 2. The maximum atomic E-state index is 13.1. The zero-order chi connectivity index (χ0) is 22.1. The maximum absolute atomic E-state index is 13.1. The van der Waals surface area contributed by atoms with E-state index < -0.39 is 0 Å². The van der Waals surface area contributed by atoms with Crippen LogP contribution in [0.25, 0.3) is 11.0 Å². The van der Waals surface area contributed by atoms with Gasteiger partial charge in [-0.2, -0.15) is 5.10 Å². The summed E-state index contributed by atoms with van der Waals surface area (Å²) in [4.78, 5) is 24.5. The Morgan fingerprint density at radius 3 is 2.62 bits per heavy atom. The van der Waals surface area contributed by atoms with Crippen molar-refractivity contribution < 1.29 is 18.4 Å². The molecule has 1 aliphatic rings. The molecule has 0 fully saturated rings. The van der Waals surface area contributed by atoms with E-state index in [0.29, 0.717) is 29.2 Å². The standard InChI is InChI=1S/C25H21N3O4/c1-16(29)17-8-10-19(11-9-17)26-15-25(30)28-21(23-7-4-12-31-23)14-20(27-28)24-13-18-5-2-3-6-22(18)32-24/h2-13,21,26H,14-15H2,1H3/t21-/m1/s1. The Balaban J connectivity index is 1.37. The Labute approximate surface area is 184 Å². The largest absolute Gasteiger partial charge is 0.467 e. The van der Waals surface area contributed by atoms with Crippen molar-refractivity contribution in [2.75, 3.05) is 11.9 Å². The highest BCUT2D eigenvalue weighted by Gasteiger charge is 2.35. The summed E-state index contributed by atoms with van der Waals surface area (Å²) in [6, 6.07) is 20.0. The molecule has 0 aliphatic carbocycles. The molecule has 3 heterocycles. The number of Topliss-reactive ketones (excluding diaryl/α,β-unsaturated/α-hetero) is 1. The second kappa shape index (κ2) is 8.19. The minimum absolute atomic E-state index is 0.00145. The van der Waals surface area contributed by atoms with Crippen LogP contribution in [0.1, 0.15) is 41.3 Å². The fourth-order valence-electron chi connectivity index (χ4n) is 3.80. The predicted octanol–water partition coefficient (Wildman–Crippen LogP) is 5.02. The first-order chi connectivity index (χ1) is 15.6. The van der Waals surface area contributed by atoms with Crippen molar-refractivity contribution in [2.24, 2.45) is 5.10 Å². The summed E-state index contributed by atoms with van der Waals surface area (Å²) >= 11 is 0. The topological polar surface area (TPSA) is 88.0 Å². The van der Waals surface area contributed by atoms with Crippen molar-refractivity contribution in [1.29, 1.82) is 0 Å². The number of para-hydroxylation sites is 1. The molecule has 1 N–H and O–H groups in total. The van der Waals surface area contributed by atoms with Crippen LogP contribution in [0.3, 0.4) is 0 Å². The molecule has 0 saturated heterocycles. The molecule has 0 bridgehead atoms. The SMILES string of the molecule is CC(=O)c1ccc(NCC(=O)N2N=C(c3cc4ccccc4o3)C[C@@H]2c2ccco2)cc1. The first-order valence-electron chi connectivity index (χ1n) is 10.4. The summed E-state index contributed by atoms with van der Waals surface area (Å²) in [5.74, 6) is 1.11. The number of nitrogens with one attached hydrogen (secondary N) is 1. The molecule has 0 spiro atoms. The van der Waals surface area contributed by atoms with Gasteiger partial charge >= 0.3 is 0 Å². The van der Waals surface area contributed by atoms with E-state index in [2.05, 4.69) is 10.4 Å². The number of hydrazone groups is 1. The van der Waals surface area contributed by atoms with Crippen LogP contribution < -0.4 is 5.32 Å². The maximum Gasteiger partial charge on any atom is 0.262 e. The van der Waals surface area contributed by atoms with Crippen molar-refractivity contribution in [2.45, 2.75) is 19.4 Å². The molecule has 32 heavy (non-hydrogen) atoms. The average Bonchev–Trinajstić information content (AvgIpc) is 3.56. The summed E-state index contributed by atoms with van der Waals surface area (Å²) in [6.45, 7) is 1.57. The number of rotatable bonds is 6. The van der Waals surface area contributed by atoms with Crippen molar-refractivity contribution in [3.8, 4) is 0 Å². The summed E-state index contributed by atoms with van der Waals surface area (Å²) in [6.07, 6.45) is 2.08. The van der Waals surface area contributed by atoms with Crippen LogP contribution >= 0.6 is 0 Å². The van der Waals surface area contributed by atoms with Gasteiger partial charge in [-0.15, -0.1) is 0 Å². The molecule has 7 heteroatoms. The zero-order valence-corrected chi connectivity index (χ0v) is 17.4. The minimum atomic E-state index is -0.345. The summed E-state index contributed by atoms with van der Waals surface area (Å²) in [5.41, 5.74) is 2.85. The number of carbonyl (C=O) groups is 2. The van der Waals surface area contributed by atoms with Gasteiger partial charge in [-0.05, 0) is 55.5 Å². The Morgan fingerprint density at radius 2 is 1.91 bits per heavy atom. The molecular formula is C25H21N3O4. The Kier molecular flexibility index (Phi) is 5.07. The van der Waals surface area contributed by atoms with E-state index >= 15 is 0 Å².